The summed E-state index contributed by atoms with van der Waals surface area (Å²) in [5, 5.41) is 14.7. The number of rotatable bonds is 8. The van der Waals surface area contributed by atoms with Gasteiger partial charge < -0.3 is 24.8 Å². The molecule has 4 rings (SSSR count). The normalized spacial score (nSPS) is 17.4. The first-order valence-electron chi connectivity index (χ1n) is 11.4. The first-order valence-corrected chi connectivity index (χ1v) is 11.4. The highest BCUT2D eigenvalue weighted by molar-refractivity contribution is 5.86. The van der Waals surface area contributed by atoms with Gasteiger partial charge in [0.2, 0.25) is 0 Å². The largest absolute Gasteiger partial charge is 0.481 e. The maximum Gasteiger partial charge on any atom is 0.419 e. The summed E-state index contributed by atoms with van der Waals surface area (Å²) in [5.74, 6) is -1.84. The predicted molar refractivity (Wildman–Crippen MR) is 127 cm³/mol. The molecule has 1 heterocycles. The fourth-order valence-electron chi connectivity index (χ4n) is 4.32. The molecule has 0 saturated carbocycles. The molecule has 6 nitrogen and oxygen atoms in total. The van der Waals surface area contributed by atoms with E-state index < -0.39 is 30.1 Å². The Bertz CT molecular complexity index is 1180. The monoisotopic (exact) mass is 488 g/mol. The van der Waals surface area contributed by atoms with Gasteiger partial charge in [-0.05, 0) is 35.4 Å². The van der Waals surface area contributed by atoms with Gasteiger partial charge in [0.25, 0.3) is 0 Å². The molecule has 0 spiro atoms. The van der Waals surface area contributed by atoms with Gasteiger partial charge in [0, 0.05) is 37.4 Å². The number of fused-ring (bicyclic) bond motifs is 1. The van der Waals surface area contributed by atoms with Crippen LogP contribution in [0.25, 0.3) is 10.8 Å². The van der Waals surface area contributed by atoms with Gasteiger partial charge in [-0.15, -0.1) is 0 Å². The molecule has 1 aliphatic rings. The van der Waals surface area contributed by atoms with E-state index in [1.165, 1.54) is 28.5 Å². The predicted octanol–water partition coefficient (Wildman–Crippen LogP) is 4.88. The van der Waals surface area contributed by atoms with Crippen LogP contribution >= 0.6 is 0 Å². The molecule has 3 aromatic rings. The number of aliphatic carboxylic acids is 1. The van der Waals surface area contributed by atoms with E-state index in [0.717, 1.165) is 6.07 Å². The van der Waals surface area contributed by atoms with Gasteiger partial charge in [0.1, 0.15) is 5.75 Å². The van der Waals surface area contributed by atoms with E-state index in [-0.39, 0.29) is 12.1 Å². The van der Waals surface area contributed by atoms with Crippen molar-refractivity contribution >= 4 is 22.4 Å². The van der Waals surface area contributed by atoms with Crippen molar-refractivity contribution in [1.29, 1.82) is 0 Å². The highest BCUT2D eigenvalue weighted by Crippen LogP contribution is 2.38. The second-order valence-electron chi connectivity index (χ2n) is 8.50. The summed E-state index contributed by atoms with van der Waals surface area (Å²) in [4.78, 5) is 12.7. The molecule has 35 heavy (non-hydrogen) atoms. The first kappa shape index (κ1) is 24.8. The van der Waals surface area contributed by atoms with Crippen molar-refractivity contribution in [3.05, 3.63) is 71.8 Å². The molecule has 0 amide bonds. The van der Waals surface area contributed by atoms with E-state index in [4.69, 9.17) is 14.6 Å². The van der Waals surface area contributed by atoms with Crippen LogP contribution < -0.4 is 15.0 Å². The van der Waals surface area contributed by atoms with Crippen LogP contribution in [0.2, 0.25) is 0 Å². The number of carbonyl (C=O) groups is 1. The number of morpholine rings is 1. The van der Waals surface area contributed by atoms with E-state index in [0.29, 0.717) is 31.9 Å². The molecule has 9 heteroatoms. The summed E-state index contributed by atoms with van der Waals surface area (Å²) in [6.45, 7) is 3.18. The van der Waals surface area contributed by atoms with Crippen molar-refractivity contribution in [1.82, 2.24) is 5.32 Å². The number of alkyl halides is 3. The molecule has 1 aliphatic heterocycles. The van der Waals surface area contributed by atoms with Gasteiger partial charge in [-0.2, -0.15) is 13.2 Å². The van der Waals surface area contributed by atoms with Crippen LogP contribution in [0.5, 0.6) is 5.75 Å². The first-order chi connectivity index (χ1) is 16.7. The molecule has 2 atom stereocenters. The zero-order chi connectivity index (χ0) is 25.0. The standard InChI is InChI=1S/C26H27F3N2O4/c1-17(21-8-4-6-18-5-2-3-7-22(18)21)30-14-20-15-31(11-12-34-20)19-9-10-23(26(27,28)29)24(13-19)35-16-25(32)33/h2-10,13,17,20,30H,11-12,14-16H2,1H3,(H,32,33)/t17-,20?/m1/s1. The molecule has 0 aliphatic carbocycles. The van der Waals surface area contributed by atoms with E-state index in [2.05, 4.69) is 36.5 Å². The second-order valence-corrected chi connectivity index (χ2v) is 8.50. The number of halogens is 3. The van der Waals surface area contributed by atoms with Crippen molar-refractivity contribution in [2.24, 2.45) is 0 Å². The van der Waals surface area contributed by atoms with Crippen LogP contribution in [0.4, 0.5) is 18.9 Å². The topological polar surface area (TPSA) is 71.0 Å². The van der Waals surface area contributed by atoms with Crippen LogP contribution in [0, 0.1) is 0 Å². The summed E-state index contributed by atoms with van der Waals surface area (Å²) in [6.07, 6.45) is -4.83. The Labute approximate surface area is 201 Å². The molecule has 1 saturated heterocycles. The van der Waals surface area contributed by atoms with Crippen LogP contribution in [-0.2, 0) is 15.7 Å². The third-order valence-corrected chi connectivity index (χ3v) is 6.07. The van der Waals surface area contributed by atoms with Crippen molar-refractivity contribution in [3.8, 4) is 5.75 Å². The Hall–Kier alpha value is -3.30. The van der Waals surface area contributed by atoms with Gasteiger partial charge in [0.05, 0.1) is 18.3 Å². The molecule has 2 N–H and O–H groups in total. The number of nitrogens with one attached hydrogen (secondary N) is 1. The Morgan fingerprint density at radius 3 is 2.74 bits per heavy atom. The quantitative estimate of drug-likeness (QED) is 0.471. The number of carboxylic acids is 1. The minimum atomic E-state index is -4.65. The van der Waals surface area contributed by atoms with Crippen LogP contribution in [0.1, 0.15) is 24.1 Å². The number of nitrogens with zero attached hydrogens (tertiary/aromatic N) is 1. The van der Waals surface area contributed by atoms with Crippen LogP contribution in [0.15, 0.2) is 60.7 Å². The van der Waals surface area contributed by atoms with Crippen molar-refractivity contribution in [2.75, 3.05) is 37.7 Å². The summed E-state index contributed by atoms with van der Waals surface area (Å²) >= 11 is 0. The number of hydrogen-bond acceptors (Lipinski definition) is 5. The van der Waals surface area contributed by atoms with Crippen molar-refractivity contribution in [3.63, 3.8) is 0 Å². The minimum absolute atomic E-state index is 0.0715. The lowest BCUT2D eigenvalue weighted by molar-refractivity contribution is -0.143. The lowest BCUT2D eigenvalue weighted by Crippen LogP contribution is -2.47. The van der Waals surface area contributed by atoms with Gasteiger partial charge in [-0.1, -0.05) is 42.5 Å². The minimum Gasteiger partial charge on any atom is -0.481 e. The molecule has 0 bridgehead atoms. The maximum absolute atomic E-state index is 13.4. The molecular weight excluding hydrogens is 461 g/mol. The summed E-state index contributed by atoms with van der Waals surface area (Å²) in [7, 11) is 0. The lowest BCUT2D eigenvalue weighted by Gasteiger charge is -2.35. The Morgan fingerprint density at radius 1 is 1.20 bits per heavy atom. The highest BCUT2D eigenvalue weighted by atomic mass is 19.4. The number of ether oxygens (including phenoxy) is 2. The van der Waals surface area contributed by atoms with Gasteiger partial charge in [-0.3, -0.25) is 0 Å². The third-order valence-electron chi connectivity index (χ3n) is 6.07. The molecule has 1 unspecified atom stereocenters. The zero-order valence-corrected chi connectivity index (χ0v) is 19.2. The number of anilines is 1. The lowest BCUT2D eigenvalue weighted by atomic mass is 9.99. The smallest absolute Gasteiger partial charge is 0.419 e. The Kier molecular flexibility index (Phi) is 7.47. The van der Waals surface area contributed by atoms with E-state index >= 15 is 0 Å². The van der Waals surface area contributed by atoms with E-state index in [9.17, 15) is 18.0 Å². The van der Waals surface area contributed by atoms with Crippen LogP contribution in [-0.4, -0.2) is 50.0 Å². The zero-order valence-electron chi connectivity index (χ0n) is 19.2. The van der Waals surface area contributed by atoms with Gasteiger partial charge >= 0.3 is 12.1 Å². The number of hydrogen-bond donors (Lipinski definition) is 2. The SMILES string of the molecule is C[C@@H](NCC1CN(c2ccc(C(F)(F)F)c(OCC(=O)O)c2)CCO1)c1cccc2ccccc12. The maximum atomic E-state index is 13.4. The molecule has 186 valence electrons. The molecule has 0 aromatic heterocycles. The molecular formula is C26H27F3N2O4. The number of carboxylic acid groups (broad SMARTS) is 1. The fourth-order valence-corrected chi connectivity index (χ4v) is 4.32. The Morgan fingerprint density at radius 2 is 1.97 bits per heavy atom. The fraction of sp³-hybridized carbons (Fsp3) is 0.346. The summed E-state index contributed by atoms with van der Waals surface area (Å²) in [6, 6.07) is 18.0. The highest BCUT2D eigenvalue weighted by Gasteiger charge is 2.35. The van der Waals surface area contributed by atoms with Crippen molar-refractivity contribution in [2.45, 2.75) is 25.2 Å². The van der Waals surface area contributed by atoms with E-state index in [1.54, 1.807) is 0 Å². The number of benzene rings is 3. The van der Waals surface area contributed by atoms with Crippen molar-refractivity contribution < 1.29 is 32.5 Å². The summed E-state index contributed by atoms with van der Waals surface area (Å²) < 4.78 is 50.9. The summed E-state index contributed by atoms with van der Waals surface area (Å²) in [5.41, 5.74) is 0.699. The second kappa shape index (κ2) is 10.5. The Balaban J connectivity index is 1.44. The van der Waals surface area contributed by atoms with E-state index in [1.807, 2.05) is 23.1 Å². The van der Waals surface area contributed by atoms with Gasteiger partial charge in [-0.25, -0.2) is 4.79 Å². The van der Waals surface area contributed by atoms with Gasteiger partial charge in [0.15, 0.2) is 6.61 Å². The molecule has 1 fully saturated rings. The third kappa shape index (κ3) is 6.04. The average molecular weight is 489 g/mol. The van der Waals surface area contributed by atoms with Crippen LogP contribution in [0.3, 0.4) is 0 Å². The molecule has 3 aromatic carbocycles. The average Bonchev–Trinajstić information content (AvgIpc) is 2.85. The molecule has 0 radical (unpaired) electrons.